The van der Waals surface area contributed by atoms with E-state index in [0.29, 0.717) is 5.92 Å². The van der Waals surface area contributed by atoms with Crippen molar-refractivity contribution >= 4 is 10.8 Å². The van der Waals surface area contributed by atoms with E-state index in [1.807, 2.05) is 0 Å². The highest BCUT2D eigenvalue weighted by atomic mass is 14.2. The first-order valence-electron chi connectivity index (χ1n) is 6.09. The molecule has 1 atom stereocenters. The van der Waals surface area contributed by atoms with Crippen molar-refractivity contribution in [3.8, 4) is 0 Å². The third-order valence-corrected chi connectivity index (χ3v) is 3.48. The summed E-state index contributed by atoms with van der Waals surface area (Å²) in [6, 6.07) is 15.4. The van der Waals surface area contributed by atoms with Crippen molar-refractivity contribution in [2.24, 2.45) is 0 Å². The highest BCUT2D eigenvalue weighted by Crippen LogP contribution is 2.32. The van der Waals surface area contributed by atoms with Gasteiger partial charge in [-0.3, -0.25) is 0 Å². The number of rotatable bonds is 1. The maximum absolute atomic E-state index is 2.38. The zero-order valence-corrected chi connectivity index (χ0v) is 9.39. The minimum Gasteiger partial charge on any atom is -0.0879 e. The Kier molecular flexibility index (Phi) is 2.49. The molecular formula is C16H16. The van der Waals surface area contributed by atoms with Gasteiger partial charge in [-0.15, -0.1) is 0 Å². The number of benzene rings is 2. The topological polar surface area (TPSA) is 0 Å². The second-order valence-corrected chi connectivity index (χ2v) is 4.53. The molecule has 0 aromatic heterocycles. The normalized spacial score (nSPS) is 20.1. The van der Waals surface area contributed by atoms with Crippen LogP contribution < -0.4 is 0 Å². The van der Waals surface area contributed by atoms with Crippen molar-refractivity contribution in [3.05, 3.63) is 60.2 Å². The van der Waals surface area contributed by atoms with Crippen LogP contribution in [0.1, 0.15) is 30.7 Å². The number of fused-ring (bicyclic) bond motifs is 1. The van der Waals surface area contributed by atoms with Gasteiger partial charge in [0.25, 0.3) is 0 Å². The molecule has 0 fully saturated rings. The monoisotopic (exact) mass is 208 g/mol. The Morgan fingerprint density at radius 1 is 0.938 bits per heavy atom. The Balaban J connectivity index is 2.15. The molecular weight excluding hydrogens is 192 g/mol. The third kappa shape index (κ3) is 1.65. The van der Waals surface area contributed by atoms with Gasteiger partial charge in [-0.1, -0.05) is 54.6 Å². The molecule has 0 bridgehead atoms. The van der Waals surface area contributed by atoms with Crippen molar-refractivity contribution in [2.45, 2.75) is 25.2 Å². The summed E-state index contributed by atoms with van der Waals surface area (Å²) in [5.74, 6) is 0.625. The molecule has 0 aliphatic heterocycles. The Morgan fingerprint density at radius 2 is 1.81 bits per heavy atom. The summed E-state index contributed by atoms with van der Waals surface area (Å²) in [5, 5.41) is 2.78. The van der Waals surface area contributed by atoms with Crippen LogP contribution in [0.2, 0.25) is 0 Å². The molecule has 0 unspecified atom stereocenters. The molecule has 0 spiro atoms. The van der Waals surface area contributed by atoms with Crippen molar-refractivity contribution in [2.75, 3.05) is 0 Å². The SMILES string of the molecule is C1=C[C@@H](c2cccc3ccccc23)CCC1. The summed E-state index contributed by atoms with van der Waals surface area (Å²) >= 11 is 0. The van der Waals surface area contributed by atoms with Crippen LogP contribution in [-0.4, -0.2) is 0 Å². The third-order valence-electron chi connectivity index (χ3n) is 3.48. The Morgan fingerprint density at radius 3 is 2.69 bits per heavy atom. The Bertz CT molecular complexity index is 517. The molecule has 0 saturated carbocycles. The van der Waals surface area contributed by atoms with Gasteiger partial charge in [-0.05, 0) is 35.6 Å². The quantitative estimate of drug-likeness (QED) is 0.598. The van der Waals surface area contributed by atoms with Gasteiger partial charge in [-0.2, -0.15) is 0 Å². The maximum atomic E-state index is 2.38. The van der Waals surface area contributed by atoms with Gasteiger partial charge in [0.2, 0.25) is 0 Å². The van der Waals surface area contributed by atoms with Crippen LogP contribution >= 0.6 is 0 Å². The first kappa shape index (κ1) is 9.65. The molecule has 80 valence electrons. The van der Waals surface area contributed by atoms with Crippen molar-refractivity contribution in [3.63, 3.8) is 0 Å². The molecule has 1 aliphatic rings. The van der Waals surface area contributed by atoms with E-state index < -0.39 is 0 Å². The first-order chi connectivity index (χ1) is 7.95. The minimum absolute atomic E-state index is 0.625. The molecule has 0 heterocycles. The molecule has 0 radical (unpaired) electrons. The maximum Gasteiger partial charge on any atom is 0.00242 e. The largest absolute Gasteiger partial charge is 0.0879 e. The molecule has 1 aliphatic carbocycles. The van der Waals surface area contributed by atoms with Crippen molar-refractivity contribution < 1.29 is 0 Å². The smallest absolute Gasteiger partial charge is 0.00242 e. The van der Waals surface area contributed by atoms with Crippen LogP contribution in [0, 0.1) is 0 Å². The number of hydrogen-bond acceptors (Lipinski definition) is 0. The zero-order valence-electron chi connectivity index (χ0n) is 9.39. The summed E-state index contributed by atoms with van der Waals surface area (Å²) in [5.41, 5.74) is 1.49. The van der Waals surface area contributed by atoms with Gasteiger partial charge in [0, 0.05) is 5.92 Å². The minimum atomic E-state index is 0.625. The van der Waals surface area contributed by atoms with Crippen LogP contribution in [0.5, 0.6) is 0 Å². The molecule has 0 amide bonds. The summed E-state index contributed by atoms with van der Waals surface area (Å²) < 4.78 is 0. The lowest BCUT2D eigenvalue weighted by molar-refractivity contribution is 0.657. The average Bonchev–Trinajstić information content (AvgIpc) is 2.39. The second kappa shape index (κ2) is 4.13. The van der Waals surface area contributed by atoms with Crippen LogP contribution in [0.4, 0.5) is 0 Å². The number of allylic oxidation sites excluding steroid dienone is 2. The van der Waals surface area contributed by atoms with Crippen molar-refractivity contribution in [1.82, 2.24) is 0 Å². The highest BCUT2D eigenvalue weighted by Gasteiger charge is 2.12. The molecule has 3 rings (SSSR count). The van der Waals surface area contributed by atoms with E-state index in [9.17, 15) is 0 Å². The van der Waals surface area contributed by atoms with Crippen LogP contribution in [-0.2, 0) is 0 Å². The summed E-state index contributed by atoms with van der Waals surface area (Å²) in [6.45, 7) is 0. The van der Waals surface area contributed by atoms with Gasteiger partial charge >= 0.3 is 0 Å². The van der Waals surface area contributed by atoms with E-state index in [4.69, 9.17) is 0 Å². The average molecular weight is 208 g/mol. The molecule has 2 aromatic rings. The van der Waals surface area contributed by atoms with E-state index in [2.05, 4.69) is 54.6 Å². The van der Waals surface area contributed by atoms with Gasteiger partial charge in [0.05, 0.1) is 0 Å². The summed E-state index contributed by atoms with van der Waals surface area (Å²) in [6.07, 6.45) is 8.58. The number of hydrogen-bond donors (Lipinski definition) is 0. The van der Waals surface area contributed by atoms with Crippen LogP contribution in [0.3, 0.4) is 0 Å². The van der Waals surface area contributed by atoms with Crippen LogP contribution in [0.15, 0.2) is 54.6 Å². The predicted molar refractivity (Wildman–Crippen MR) is 69.7 cm³/mol. The predicted octanol–water partition coefficient (Wildman–Crippen LogP) is 4.66. The lowest BCUT2D eigenvalue weighted by Crippen LogP contribution is -1.99. The summed E-state index contributed by atoms with van der Waals surface area (Å²) in [7, 11) is 0. The van der Waals surface area contributed by atoms with E-state index >= 15 is 0 Å². The van der Waals surface area contributed by atoms with E-state index in [1.54, 1.807) is 0 Å². The Labute approximate surface area is 96.6 Å². The molecule has 2 aromatic carbocycles. The van der Waals surface area contributed by atoms with E-state index in [-0.39, 0.29) is 0 Å². The molecule has 0 nitrogen and oxygen atoms in total. The van der Waals surface area contributed by atoms with E-state index in [0.717, 1.165) is 0 Å². The fraction of sp³-hybridized carbons (Fsp3) is 0.250. The second-order valence-electron chi connectivity index (χ2n) is 4.53. The molecule has 16 heavy (non-hydrogen) atoms. The van der Waals surface area contributed by atoms with Gasteiger partial charge in [0.1, 0.15) is 0 Å². The van der Waals surface area contributed by atoms with Gasteiger partial charge in [0.15, 0.2) is 0 Å². The summed E-state index contributed by atoms with van der Waals surface area (Å²) in [4.78, 5) is 0. The molecule has 0 saturated heterocycles. The standard InChI is InChI=1S/C16H16/c1-2-7-13(8-3-1)16-12-6-10-14-9-4-5-11-15(14)16/h2,4-7,9-13H,1,3,8H2/t13-/m1/s1. The molecule has 0 N–H and O–H groups in total. The van der Waals surface area contributed by atoms with Crippen LogP contribution in [0.25, 0.3) is 10.8 Å². The molecule has 0 heteroatoms. The fourth-order valence-electron chi connectivity index (χ4n) is 2.65. The Hall–Kier alpha value is -1.56. The fourth-order valence-corrected chi connectivity index (χ4v) is 2.65. The van der Waals surface area contributed by atoms with Gasteiger partial charge < -0.3 is 0 Å². The van der Waals surface area contributed by atoms with Crippen molar-refractivity contribution in [1.29, 1.82) is 0 Å². The lowest BCUT2D eigenvalue weighted by Gasteiger charge is -2.18. The highest BCUT2D eigenvalue weighted by molar-refractivity contribution is 5.86. The lowest BCUT2D eigenvalue weighted by atomic mass is 9.86. The van der Waals surface area contributed by atoms with E-state index in [1.165, 1.54) is 35.6 Å². The zero-order chi connectivity index (χ0) is 10.8. The van der Waals surface area contributed by atoms with Gasteiger partial charge in [-0.25, -0.2) is 0 Å². The first-order valence-corrected chi connectivity index (χ1v) is 6.09.